The minimum Gasteiger partial charge on any atom is -0.457 e. The number of nitrogen functional groups attached to an aromatic ring is 1. The molecule has 0 bridgehead atoms. The summed E-state index contributed by atoms with van der Waals surface area (Å²) in [7, 11) is 0. The Morgan fingerprint density at radius 3 is 2.46 bits per heavy atom. The van der Waals surface area contributed by atoms with Gasteiger partial charge in [-0.3, -0.25) is 13.9 Å². The number of hydrogen-bond donors (Lipinski definition) is 2. The van der Waals surface area contributed by atoms with Gasteiger partial charge in [0.1, 0.15) is 35.0 Å². The van der Waals surface area contributed by atoms with Crippen LogP contribution in [-0.2, 0) is 11.3 Å². The summed E-state index contributed by atoms with van der Waals surface area (Å²) in [6.45, 7) is 1.17. The summed E-state index contributed by atoms with van der Waals surface area (Å²) in [6, 6.07) is 18.5. The molecule has 4 N–H and O–H groups in total. The zero-order chi connectivity index (χ0) is 27.1. The smallest absolute Gasteiger partial charge is 0.335 e. The summed E-state index contributed by atoms with van der Waals surface area (Å²) < 4.78 is 8.93. The van der Waals surface area contributed by atoms with E-state index in [9.17, 15) is 14.9 Å². The Morgan fingerprint density at radius 1 is 1.10 bits per heavy atom. The third-order valence-corrected chi connectivity index (χ3v) is 7.10. The standard InChI is InChI=1S/C28H26N8O3/c29-13-19(12-28(31)10-11-28)26(37)34-14-18(15-34)16-35-25-23(24(30)32-17-33-25)36(27(35)38)20-6-8-22(9-7-20)39-21-4-2-1-3-5-21/h1-9,12,17-18H,10-11,14-16,31H2,(H2,30,32,33)/b19-12+. The van der Waals surface area contributed by atoms with Gasteiger partial charge in [-0.1, -0.05) is 18.2 Å². The van der Waals surface area contributed by atoms with Crippen molar-refractivity contribution < 1.29 is 9.53 Å². The van der Waals surface area contributed by atoms with Gasteiger partial charge >= 0.3 is 5.69 Å². The molecule has 4 aromatic rings. The van der Waals surface area contributed by atoms with Crippen LogP contribution in [0.2, 0.25) is 0 Å². The average molecular weight is 523 g/mol. The number of anilines is 1. The lowest BCUT2D eigenvalue weighted by molar-refractivity contribution is -0.133. The van der Waals surface area contributed by atoms with E-state index in [-0.39, 0.29) is 28.9 Å². The molecule has 0 spiro atoms. The molecule has 39 heavy (non-hydrogen) atoms. The molecule has 1 saturated heterocycles. The molecule has 1 aliphatic heterocycles. The van der Waals surface area contributed by atoms with Gasteiger partial charge in [-0.2, -0.15) is 5.26 Å². The lowest BCUT2D eigenvalue weighted by atomic mass is 9.98. The lowest BCUT2D eigenvalue weighted by Crippen LogP contribution is -2.52. The van der Waals surface area contributed by atoms with Gasteiger partial charge in [0.05, 0.1) is 5.69 Å². The van der Waals surface area contributed by atoms with Crippen molar-refractivity contribution in [3.63, 3.8) is 0 Å². The van der Waals surface area contributed by atoms with Crippen LogP contribution in [0.3, 0.4) is 0 Å². The first kappa shape index (κ1) is 24.4. The third kappa shape index (κ3) is 4.62. The molecule has 1 aliphatic carbocycles. The Morgan fingerprint density at radius 2 is 1.79 bits per heavy atom. The fourth-order valence-electron chi connectivity index (χ4n) is 4.79. The second-order valence-corrected chi connectivity index (χ2v) is 10.0. The highest BCUT2D eigenvalue weighted by atomic mass is 16.5. The molecule has 0 unspecified atom stereocenters. The van der Waals surface area contributed by atoms with E-state index in [1.165, 1.54) is 10.9 Å². The molecule has 2 aromatic carbocycles. The summed E-state index contributed by atoms with van der Waals surface area (Å²) in [5.41, 5.74) is 12.9. The van der Waals surface area contributed by atoms with E-state index in [2.05, 4.69) is 9.97 Å². The molecular formula is C28H26N8O3. The Labute approximate surface area is 223 Å². The van der Waals surface area contributed by atoms with Crippen LogP contribution >= 0.6 is 0 Å². The summed E-state index contributed by atoms with van der Waals surface area (Å²) in [4.78, 5) is 36.5. The summed E-state index contributed by atoms with van der Waals surface area (Å²) in [6.07, 6.45) is 4.45. The van der Waals surface area contributed by atoms with Gasteiger partial charge in [-0.05, 0) is 55.3 Å². The van der Waals surface area contributed by atoms with Crippen LogP contribution in [0, 0.1) is 17.2 Å². The number of para-hydroxylation sites is 1. The molecule has 1 amide bonds. The molecule has 2 aromatic heterocycles. The van der Waals surface area contributed by atoms with Gasteiger partial charge in [0, 0.05) is 31.1 Å². The Kier molecular flexibility index (Phi) is 5.89. The number of imidazole rings is 1. The van der Waals surface area contributed by atoms with Crippen LogP contribution in [-0.4, -0.2) is 48.5 Å². The van der Waals surface area contributed by atoms with Crippen molar-refractivity contribution in [2.75, 3.05) is 18.8 Å². The second-order valence-electron chi connectivity index (χ2n) is 10.0. The third-order valence-electron chi connectivity index (χ3n) is 7.10. The van der Waals surface area contributed by atoms with Crippen LogP contribution in [0.25, 0.3) is 16.9 Å². The van der Waals surface area contributed by atoms with Crippen LogP contribution in [0.1, 0.15) is 12.8 Å². The summed E-state index contributed by atoms with van der Waals surface area (Å²) >= 11 is 0. The summed E-state index contributed by atoms with van der Waals surface area (Å²) in [5.74, 6) is 1.20. The molecule has 0 radical (unpaired) electrons. The maximum atomic E-state index is 13.7. The fourth-order valence-corrected chi connectivity index (χ4v) is 4.79. The quantitative estimate of drug-likeness (QED) is 0.276. The normalized spacial score (nSPS) is 16.5. The van der Waals surface area contributed by atoms with Crippen molar-refractivity contribution in [2.24, 2.45) is 11.7 Å². The van der Waals surface area contributed by atoms with Gasteiger partial charge in [0.25, 0.3) is 5.91 Å². The van der Waals surface area contributed by atoms with E-state index in [0.717, 1.165) is 12.8 Å². The number of rotatable bonds is 7. The predicted molar refractivity (Wildman–Crippen MR) is 144 cm³/mol. The van der Waals surface area contributed by atoms with Crippen LogP contribution in [0.15, 0.2) is 77.4 Å². The number of carbonyl (C=O) groups excluding carboxylic acids is 1. The average Bonchev–Trinajstić information content (AvgIpc) is 3.58. The predicted octanol–water partition coefficient (Wildman–Crippen LogP) is 2.36. The van der Waals surface area contributed by atoms with Crippen molar-refractivity contribution >= 4 is 22.9 Å². The topological polar surface area (TPSA) is 158 Å². The molecule has 1 saturated carbocycles. The number of fused-ring (bicyclic) bond motifs is 1. The number of hydrogen-bond acceptors (Lipinski definition) is 8. The number of nitrogens with zero attached hydrogens (tertiary/aromatic N) is 6. The van der Waals surface area contributed by atoms with E-state index >= 15 is 0 Å². The highest BCUT2D eigenvalue weighted by Gasteiger charge is 2.39. The first-order chi connectivity index (χ1) is 18.8. The Balaban J connectivity index is 1.24. The summed E-state index contributed by atoms with van der Waals surface area (Å²) in [5, 5.41) is 9.44. The van der Waals surface area contributed by atoms with E-state index in [0.29, 0.717) is 48.0 Å². The first-order valence-electron chi connectivity index (χ1n) is 12.6. The van der Waals surface area contributed by atoms with Crippen molar-refractivity contribution in [1.29, 1.82) is 5.26 Å². The van der Waals surface area contributed by atoms with Crippen LogP contribution in [0.4, 0.5) is 5.82 Å². The van der Waals surface area contributed by atoms with E-state index in [4.69, 9.17) is 16.2 Å². The number of aromatic nitrogens is 4. The van der Waals surface area contributed by atoms with Gasteiger partial charge in [-0.25, -0.2) is 14.8 Å². The van der Waals surface area contributed by atoms with Crippen molar-refractivity contribution in [3.05, 3.63) is 83.1 Å². The highest BCUT2D eigenvalue weighted by Crippen LogP contribution is 2.35. The number of nitrogens with two attached hydrogens (primary N) is 2. The van der Waals surface area contributed by atoms with Crippen molar-refractivity contribution in [3.8, 4) is 23.3 Å². The molecule has 0 atom stereocenters. The molecule has 3 heterocycles. The number of carbonyl (C=O) groups is 1. The number of benzene rings is 2. The number of nitriles is 1. The molecule has 11 nitrogen and oxygen atoms in total. The molecule has 2 fully saturated rings. The van der Waals surface area contributed by atoms with Crippen molar-refractivity contribution in [2.45, 2.75) is 24.9 Å². The zero-order valence-corrected chi connectivity index (χ0v) is 21.0. The van der Waals surface area contributed by atoms with Gasteiger partial charge in [0.15, 0.2) is 11.5 Å². The van der Waals surface area contributed by atoms with E-state index < -0.39 is 5.54 Å². The van der Waals surface area contributed by atoms with Gasteiger partial charge in [-0.15, -0.1) is 0 Å². The number of likely N-dealkylation sites (tertiary alicyclic amines) is 1. The minimum atomic E-state index is -0.536. The fraction of sp³-hybridized carbons (Fsp3) is 0.250. The molecule has 2 aliphatic rings. The molecule has 196 valence electrons. The monoisotopic (exact) mass is 522 g/mol. The Bertz CT molecular complexity index is 1690. The van der Waals surface area contributed by atoms with Gasteiger partial charge < -0.3 is 21.1 Å². The molecule has 6 rings (SSSR count). The minimum absolute atomic E-state index is 0.0104. The van der Waals surface area contributed by atoms with E-state index in [1.54, 1.807) is 39.8 Å². The zero-order valence-electron chi connectivity index (χ0n) is 21.0. The lowest BCUT2D eigenvalue weighted by Gasteiger charge is -2.39. The number of ether oxygens (including phenoxy) is 1. The molecule has 11 heteroatoms. The first-order valence-corrected chi connectivity index (χ1v) is 12.6. The maximum Gasteiger partial charge on any atom is 0.335 e. The number of amides is 1. The van der Waals surface area contributed by atoms with Crippen molar-refractivity contribution in [1.82, 2.24) is 24.0 Å². The van der Waals surface area contributed by atoms with Crippen LogP contribution < -0.4 is 21.9 Å². The SMILES string of the molecule is N#C/C(=C\C1(N)CC1)C(=O)N1CC(Cn2c(=O)n(-c3ccc(Oc4ccccc4)cc3)c3c(N)ncnc32)C1. The van der Waals surface area contributed by atoms with Gasteiger partial charge in [0.2, 0.25) is 0 Å². The molecular weight excluding hydrogens is 496 g/mol. The second kappa shape index (κ2) is 9.41. The van der Waals surface area contributed by atoms with E-state index in [1.807, 2.05) is 36.4 Å². The largest absolute Gasteiger partial charge is 0.457 e. The highest BCUT2D eigenvalue weighted by molar-refractivity contribution is 5.98. The Hall–Kier alpha value is -4.95. The maximum absolute atomic E-state index is 13.7. The van der Waals surface area contributed by atoms with Crippen LogP contribution in [0.5, 0.6) is 11.5 Å².